The van der Waals surface area contributed by atoms with Gasteiger partial charge >= 0.3 is 0 Å². The van der Waals surface area contributed by atoms with Gasteiger partial charge in [0.1, 0.15) is 5.76 Å². The molecule has 0 aliphatic heterocycles. The number of nitrogens with zero attached hydrogens (tertiary/aromatic N) is 1. The van der Waals surface area contributed by atoms with Crippen LogP contribution in [0.2, 0.25) is 0 Å². The fourth-order valence-corrected chi connectivity index (χ4v) is 1.48. The lowest BCUT2D eigenvalue weighted by atomic mass is 10.1. The zero-order valence-electron chi connectivity index (χ0n) is 12.0. The van der Waals surface area contributed by atoms with Crippen LogP contribution in [0.5, 0.6) is 0 Å². The van der Waals surface area contributed by atoms with Crippen molar-refractivity contribution in [2.75, 3.05) is 7.05 Å². The summed E-state index contributed by atoms with van der Waals surface area (Å²) in [6.45, 7) is 17.5. The molecule has 0 bridgehead atoms. The van der Waals surface area contributed by atoms with Crippen LogP contribution in [0.25, 0.3) is 0 Å². The van der Waals surface area contributed by atoms with Gasteiger partial charge in [0.15, 0.2) is 0 Å². The van der Waals surface area contributed by atoms with Crippen LogP contribution >= 0.6 is 0 Å². The van der Waals surface area contributed by atoms with E-state index in [9.17, 15) is 0 Å². The first-order valence-electron chi connectivity index (χ1n) is 6.50. The number of hydroxylamine groups is 2. The minimum absolute atomic E-state index is 0.791. The summed E-state index contributed by atoms with van der Waals surface area (Å²) in [5.74, 6) is 0.791. The number of allylic oxidation sites excluding steroid dienone is 4. The summed E-state index contributed by atoms with van der Waals surface area (Å²) >= 11 is 0. The Morgan fingerprint density at radius 2 is 1.72 bits per heavy atom. The predicted octanol–water partition coefficient (Wildman–Crippen LogP) is 4.98. The molecule has 102 valence electrons. The lowest BCUT2D eigenvalue weighted by molar-refractivity contribution is -0.0705. The van der Waals surface area contributed by atoms with Gasteiger partial charge in [-0.3, -0.25) is 0 Å². The minimum atomic E-state index is 0.791. The average molecular weight is 249 g/mol. The fourth-order valence-electron chi connectivity index (χ4n) is 1.48. The third-order valence-electron chi connectivity index (χ3n) is 2.66. The first-order chi connectivity index (χ1) is 8.47. The molecule has 0 saturated carbocycles. The Kier molecular flexibility index (Phi) is 8.81. The maximum absolute atomic E-state index is 5.60. The summed E-state index contributed by atoms with van der Waals surface area (Å²) in [7, 11) is 1.87. The Morgan fingerprint density at radius 3 is 2.28 bits per heavy atom. The molecular formula is C16H27NO. The van der Waals surface area contributed by atoms with E-state index < -0.39 is 0 Å². The molecule has 0 heterocycles. The minimum Gasteiger partial charge on any atom is -0.385 e. The molecule has 0 unspecified atom stereocenters. The van der Waals surface area contributed by atoms with E-state index >= 15 is 0 Å². The maximum atomic E-state index is 5.60. The summed E-state index contributed by atoms with van der Waals surface area (Å²) in [5.41, 5.74) is 2.18. The van der Waals surface area contributed by atoms with Gasteiger partial charge in [-0.1, -0.05) is 24.8 Å². The molecule has 0 radical (unpaired) electrons. The molecule has 0 fully saturated rings. The quantitative estimate of drug-likeness (QED) is 0.222. The van der Waals surface area contributed by atoms with Gasteiger partial charge in [0.2, 0.25) is 0 Å². The topological polar surface area (TPSA) is 12.5 Å². The zero-order valence-corrected chi connectivity index (χ0v) is 12.0. The van der Waals surface area contributed by atoms with Crippen LogP contribution in [0.4, 0.5) is 0 Å². The number of hydrogen-bond donors (Lipinski definition) is 0. The molecule has 0 rings (SSSR count). The third-order valence-corrected chi connectivity index (χ3v) is 2.66. The van der Waals surface area contributed by atoms with E-state index in [1.165, 1.54) is 5.57 Å². The summed E-state index contributed by atoms with van der Waals surface area (Å²) in [6.07, 6.45) is 7.84. The van der Waals surface area contributed by atoms with Gasteiger partial charge in [-0.25, -0.2) is 5.06 Å². The van der Waals surface area contributed by atoms with Crippen molar-refractivity contribution < 1.29 is 4.84 Å². The van der Waals surface area contributed by atoms with E-state index in [1.807, 2.05) is 13.1 Å². The lowest BCUT2D eigenvalue weighted by Crippen LogP contribution is -2.17. The van der Waals surface area contributed by atoms with E-state index in [0.29, 0.717) is 0 Å². The second-order valence-corrected chi connectivity index (χ2v) is 4.69. The van der Waals surface area contributed by atoms with Crippen molar-refractivity contribution in [2.24, 2.45) is 0 Å². The van der Waals surface area contributed by atoms with Crippen molar-refractivity contribution in [3.63, 3.8) is 0 Å². The van der Waals surface area contributed by atoms with Crippen molar-refractivity contribution in [1.82, 2.24) is 5.06 Å². The standard InChI is InChI=1S/C16H27NO/c1-7-8-12-15(4)17(6)18-16(5)13-10-9-11-14(2)3/h7H,1-2,4-5,8-13H2,3,6H3. The van der Waals surface area contributed by atoms with Gasteiger partial charge in [0.25, 0.3) is 0 Å². The van der Waals surface area contributed by atoms with Crippen molar-refractivity contribution in [3.05, 3.63) is 49.4 Å². The van der Waals surface area contributed by atoms with Crippen LogP contribution in [0.3, 0.4) is 0 Å². The lowest BCUT2D eigenvalue weighted by Gasteiger charge is -2.22. The first kappa shape index (κ1) is 16.6. The maximum Gasteiger partial charge on any atom is 0.125 e. The molecule has 0 aromatic heterocycles. The monoisotopic (exact) mass is 249 g/mol. The molecular weight excluding hydrogens is 222 g/mol. The zero-order chi connectivity index (χ0) is 14.0. The van der Waals surface area contributed by atoms with Crippen molar-refractivity contribution in [1.29, 1.82) is 0 Å². The Bertz CT molecular complexity index is 304. The Morgan fingerprint density at radius 1 is 1.11 bits per heavy atom. The SMILES string of the molecule is C=CCCC(=C)N(C)OC(=C)CCCCC(=C)C. The van der Waals surface area contributed by atoms with Crippen molar-refractivity contribution in [2.45, 2.75) is 45.4 Å². The highest BCUT2D eigenvalue weighted by atomic mass is 16.7. The normalized spacial score (nSPS) is 9.67. The molecule has 0 N–H and O–H groups in total. The Hall–Kier alpha value is -1.44. The molecule has 2 nitrogen and oxygen atoms in total. The van der Waals surface area contributed by atoms with Gasteiger partial charge in [0.05, 0.1) is 0 Å². The molecule has 0 aliphatic rings. The van der Waals surface area contributed by atoms with Crippen LogP contribution in [0, 0.1) is 0 Å². The highest BCUT2D eigenvalue weighted by molar-refractivity contribution is 4.93. The van der Waals surface area contributed by atoms with Gasteiger partial charge in [-0.15, -0.1) is 13.2 Å². The molecule has 18 heavy (non-hydrogen) atoms. The number of rotatable bonds is 11. The van der Waals surface area contributed by atoms with Gasteiger partial charge in [-0.2, -0.15) is 0 Å². The van der Waals surface area contributed by atoms with Crippen LogP contribution in [-0.2, 0) is 4.84 Å². The third kappa shape index (κ3) is 8.68. The van der Waals surface area contributed by atoms with Crippen molar-refractivity contribution in [3.8, 4) is 0 Å². The Balaban J connectivity index is 3.76. The molecule has 0 spiro atoms. The second kappa shape index (κ2) is 9.58. The number of unbranched alkanes of at least 4 members (excludes halogenated alkanes) is 1. The van der Waals surface area contributed by atoms with E-state index in [2.05, 4.69) is 33.2 Å². The Labute approximate surface area is 112 Å². The molecule has 0 atom stereocenters. The molecule has 0 saturated heterocycles. The van der Waals surface area contributed by atoms with Crippen LogP contribution in [-0.4, -0.2) is 12.1 Å². The van der Waals surface area contributed by atoms with Crippen LogP contribution < -0.4 is 0 Å². The molecule has 0 aliphatic carbocycles. The summed E-state index contributed by atoms with van der Waals surface area (Å²) in [6, 6.07) is 0. The predicted molar refractivity (Wildman–Crippen MR) is 79.8 cm³/mol. The molecule has 0 aromatic rings. The van der Waals surface area contributed by atoms with E-state index in [0.717, 1.165) is 50.0 Å². The molecule has 0 amide bonds. The summed E-state index contributed by atoms with van der Waals surface area (Å²) in [5, 5.41) is 1.70. The van der Waals surface area contributed by atoms with Crippen LogP contribution in [0.15, 0.2) is 49.4 Å². The average Bonchev–Trinajstić information content (AvgIpc) is 2.31. The van der Waals surface area contributed by atoms with Crippen molar-refractivity contribution >= 4 is 0 Å². The highest BCUT2D eigenvalue weighted by Gasteiger charge is 2.04. The second-order valence-electron chi connectivity index (χ2n) is 4.69. The summed E-state index contributed by atoms with van der Waals surface area (Å²) < 4.78 is 0. The molecule has 2 heteroatoms. The van der Waals surface area contributed by atoms with E-state index in [1.54, 1.807) is 5.06 Å². The molecule has 0 aromatic carbocycles. The van der Waals surface area contributed by atoms with Gasteiger partial charge < -0.3 is 4.84 Å². The fraction of sp³-hybridized carbons (Fsp3) is 0.500. The van der Waals surface area contributed by atoms with E-state index in [4.69, 9.17) is 4.84 Å². The first-order valence-corrected chi connectivity index (χ1v) is 6.50. The van der Waals surface area contributed by atoms with E-state index in [-0.39, 0.29) is 0 Å². The number of hydrogen-bond acceptors (Lipinski definition) is 2. The largest absolute Gasteiger partial charge is 0.385 e. The van der Waals surface area contributed by atoms with Gasteiger partial charge in [0, 0.05) is 19.2 Å². The highest BCUT2D eigenvalue weighted by Crippen LogP contribution is 2.15. The van der Waals surface area contributed by atoms with Crippen LogP contribution in [0.1, 0.15) is 45.4 Å². The van der Waals surface area contributed by atoms with Gasteiger partial charge in [-0.05, 0) is 39.0 Å². The summed E-state index contributed by atoms with van der Waals surface area (Å²) in [4.78, 5) is 5.60. The smallest absolute Gasteiger partial charge is 0.125 e.